The molecular formula is C62H105N2O6P. The summed E-state index contributed by atoms with van der Waals surface area (Å²) in [6.07, 6.45) is 78.1. The van der Waals surface area contributed by atoms with Crippen LogP contribution >= 0.6 is 7.82 Å². The molecule has 0 aromatic carbocycles. The molecule has 0 saturated carbocycles. The van der Waals surface area contributed by atoms with Gasteiger partial charge in [0.05, 0.1) is 39.9 Å². The molecule has 0 heterocycles. The van der Waals surface area contributed by atoms with Gasteiger partial charge in [0.1, 0.15) is 13.2 Å². The van der Waals surface area contributed by atoms with E-state index < -0.39 is 26.6 Å². The predicted molar refractivity (Wildman–Crippen MR) is 306 cm³/mol. The van der Waals surface area contributed by atoms with Gasteiger partial charge < -0.3 is 28.8 Å². The number of nitrogens with one attached hydrogen (secondary N) is 1. The first kappa shape index (κ1) is 67.6. The van der Waals surface area contributed by atoms with Gasteiger partial charge in [0.15, 0.2) is 0 Å². The lowest BCUT2D eigenvalue weighted by Gasteiger charge is -2.29. The number of aliphatic hydroxyl groups is 1. The zero-order valence-corrected chi connectivity index (χ0v) is 46.8. The number of rotatable bonds is 49. The first-order valence-corrected chi connectivity index (χ1v) is 29.5. The van der Waals surface area contributed by atoms with Crippen LogP contribution in [0.3, 0.4) is 0 Å². The first-order valence-electron chi connectivity index (χ1n) is 28.0. The average Bonchev–Trinajstić information content (AvgIpc) is 3.33. The maximum Gasteiger partial charge on any atom is 0.268 e. The Morgan fingerprint density at radius 1 is 0.507 bits per heavy atom. The molecule has 3 unspecified atom stereocenters. The summed E-state index contributed by atoms with van der Waals surface area (Å²) in [4.78, 5) is 25.4. The second-order valence-corrected chi connectivity index (χ2v) is 21.0. The van der Waals surface area contributed by atoms with Crippen LogP contribution in [0.25, 0.3) is 0 Å². The van der Waals surface area contributed by atoms with Gasteiger partial charge in [0.2, 0.25) is 5.91 Å². The molecule has 404 valence electrons. The largest absolute Gasteiger partial charge is 0.756 e. The molecule has 0 bridgehead atoms. The van der Waals surface area contributed by atoms with Gasteiger partial charge in [-0.2, -0.15) is 0 Å². The van der Waals surface area contributed by atoms with E-state index in [-0.39, 0.29) is 12.5 Å². The molecule has 0 radical (unpaired) electrons. The van der Waals surface area contributed by atoms with Crippen molar-refractivity contribution in [2.75, 3.05) is 40.9 Å². The lowest BCUT2D eigenvalue weighted by molar-refractivity contribution is -0.870. The van der Waals surface area contributed by atoms with E-state index in [4.69, 9.17) is 9.05 Å². The van der Waals surface area contributed by atoms with Crippen LogP contribution in [0.2, 0.25) is 0 Å². The molecule has 1 amide bonds. The predicted octanol–water partition coefficient (Wildman–Crippen LogP) is 16.5. The van der Waals surface area contributed by atoms with Crippen molar-refractivity contribution in [2.45, 2.75) is 212 Å². The second kappa shape index (κ2) is 51.5. The maximum atomic E-state index is 12.9. The van der Waals surface area contributed by atoms with Gasteiger partial charge >= 0.3 is 0 Å². The molecule has 0 aromatic heterocycles. The van der Waals surface area contributed by atoms with E-state index >= 15 is 0 Å². The summed E-state index contributed by atoms with van der Waals surface area (Å²) < 4.78 is 23.3. The average molecular weight is 1010 g/mol. The molecule has 0 fully saturated rings. The van der Waals surface area contributed by atoms with E-state index in [1.54, 1.807) is 6.08 Å². The van der Waals surface area contributed by atoms with Gasteiger partial charge in [-0.15, -0.1) is 0 Å². The molecule has 0 aromatic rings. The van der Waals surface area contributed by atoms with Gasteiger partial charge in [-0.05, 0) is 103 Å². The number of aliphatic hydroxyl groups excluding tert-OH is 1. The van der Waals surface area contributed by atoms with Crippen LogP contribution in [0.5, 0.6) is 0 Å². The van der Waals surface area contributed by atoms with Crippen molar-refractivity contribution in [3.63, 3.8) is 0 Å². The fourth-order valence-corrected chi connectivity index (χ4v) is 7.94. The van der Waals surface area contributed by atoms with Gasteiger partial charge in [-0.1, -0.05) is 225 Å². The van der Waals surface area contributed by atoms with Crippen molar-refractivity contribution in [2.24, 2.45) is 0 Å². The minimum Gasteiger partial charge on any atom is -0.756 e. The fraction of sp³-hybridized carbons (Fsp3) is 0.629. The van der Waals surface area contributed by atoms with Crippen molar-refractivity contribution in [1.29, 1.82) is 0 Å². The van der Waals surface area contributed by atoms with Crippen LogP contribution in [0, 0.1) is 0 Å². The number of hydrogen-bond acceptors (Lipinski definition) is 6. The number of allylic oxidation sites excluding steroid dienone is 21. The molecule has 9 heteroatoms. The van der Waals surface area contributed by atoms with Crippen molar-refractivity contribution in [1.82, 2.24) is 5.32 Å². The maximum absolute atomic E-state index is 12.9. The summed E-state index contributed by atoms with van der Waals surface area (Å²) in [6.45, 7) is 4.47. The van der Waals surface area contributed by atoms with E-state index in [1.165, 1.54) is 70.6 Å². The van der Waals surface area contributed by atoms with E-state index in [2.05, 4.69) is 141 Å². The highest BCUT2D eigenvalue weighted by atomic mass is 31.2. The minimum atomic E-state index is -4.61. The topological polar surface area (TPSA) is 108 Å². The number of quaternary nitrogens is 1. The van der Waals surface area contributed by atoms with Crippen molar-refractivity contribution in [3.05, 3.63) is 134 Å². The Bertz CT molecular complexity index is 1610. The molecule has 71 heavy (non-hydrogen) atoms. The zero-order chi connectivity index (χ0) is 52.0. The summed E-state index contributed by atoms with van der Waals surface area (Å²) in [7, 11) is 1.21. The van der Waals surface area contributed by atoms with Crippen molar-refractivity contribution in [3.8, 4) is 0 Å². The number of likely N-dealkylation sites (N-methyl/N-ethyl adjacent to an activating group) is 1. The first-order chi connectivity index (χ1) is 34.5. The highest BCUT2D eigenvalue weighted by Gasteiger charge is 2.23. The third-order valence-corrected chi connectivity index (χ3v) is 12.6. The van der Waals surface area contributed by atoms with Crippen molar-refractivity contribution >= 4 is 13.7 Å². The summed E-state index contributed by atoms with van der Waals surface area (Å²) >= 11 is 0. The molecule has 0 spiro atoms. The summed E-state index contributed by atoms with van der Waals surface area (Å²) in [6, 6.07) is -0.919. The van der Waals surface area contributed by atoms with Gasteiger partial charge in [0.25, 0.3) is 7.82 Å². The summed E-state index contributed by atoms with van der Waals surface area (Å²) in [5.74, 6) is -0.225. The minimum absolute atomic E-state index is 0.0159. The Balaban J connectivity index is 4.24. The smallest absolute Gasteiger partial charge is 0.268 e. The lowest BCUT2D eigenvalue weighted by Crippen LogP contribution is -2.45. The number of nitrogens with zero attached hydrogens (tertiary/aromatic N) is 1. The molecule has 0 aliphatic rings. The second-order valence-electron chi connectivity index (χ2n) is 19.5. The molecule has 0 rings (SSSR count). The molecule has 0 saturated heterocycles. The Hall–Kier alpha value is -3.36. The Kier molecular flexibility index (Phi) is 49.1. The highest BCUT2D eigenvalue weighted by molar-refractivity contribution is 7.45. The summed E-state index contributed by atoms with van der Waals surface area (Å²) in [5, 5.41) is 13.8. The monoisotopic (exact) mass is 1000 g/mol. The third kappa shape index (κ3) is 54.3. The van der Waals surface area contributed by atoms with E-state index in [0.29, 0.717) is 17.4 Å². The number of carbonyl (C=O) groups excluding carboxylic acids is 1. The van der Waals surface area contributed by atoms with Crippen LogP contribution < -0.4 is 10.2 Å². The number of hydrogen-bond donors (Lipinski definition) is 2. The Morgan fingerprint density at radius 3 is 1.31 bits per heavy atom. The van der Waals surface area contributed by atoms with E-state index in [1.807, 2.05) is 27.2 Å². The summed E-state index contributed by atoms with van der Waals surface area (Å²) in [5.41, 5.74) is 0. The van der Waals surface area contributed by atoms with Crippen molar-refractivity contribution < 1.29 is 32.9 Å². The van der Waals surface area contributed by atoms with E-state index in [0.717, 1.165) is 109 Å². The van der Waals surface area contributed by atoms with Crippen LogP contribution in [-0.4, -0.2) is 68.5 Å². The van der Waals surface area contributed by atoms with E-state index in [9.17, 15) is 19.4 Å². The quantitative estimate of drug-likeness (QED) is 0.0272. The third-order valence-electron chi connectivity index (χ3n) is 11.6. The lowest BCUT2D eigenvalue weighted by atomic mass is 10.1. The molecular weight excluding hydrogens is 900 g/mol. The standard InChI is InChI=1S/C62H105N2O6P/c1-6-8-10-12-14-16-18-20-22-23-24-25-26-27-28-29-30-31-32-33-34-35-36-37-38-39-40-41-42-44-46-48-50-52-54-56-62(66)63-60(59-70-71(67,68)69-58-57-64(3,4)5)61(65)55-53-51-49-47-45-43-21-19-17-15-13-11-9-7-2/h8,10,14,16,20,22,24-25,27-28,30-31,33-34,36-37,39-40,45,47,53,55,60-61,65H,6-7,9,11-13,15,17-19,21,23,26,29,32,35,38,41-44,46,48-52,54,56-59H2,1-5H3,(H-,63,66,67,68)/b10-8-,16-14-,22-20-,25-24-,28-27-,31-30-,34-33-,37-36-,40-39-,47-45+,55-53+. The fourth-order valence-electron chi connectivity index (χ4n) is 7.22. The molecule has 0 aliphatic carbocycles. The number of amides is 1. The van der Waals surface area contributed by atoms with Crippen LogP contribution in [0.4, 0.5) is 0 Å². The molecule has 2 N–H and O–H groups in total. The van der Waals surface area contributed by atoms with Gasteiger partial charge in [0, 0.05) is 6.42 Å². The van der Waals surface area contributed by atoms with Gasteiger partial charge in [-0.25, -0.2) is 0 Å². The van der Waals surface area contributed by atoms with Gasteiger partial charge in [-0.3, -0.25) is 9.36 Å². The SMILES string of the molecule is CC/C=C\C/C=C\C/C=C\C/C=C\C/C=C\C/C=C\C/C=C\C/C=C\C/C=C\CCCCCCCCCC(=O)NC(COP(=O)([O-])OCC[N+](C)(C)C)C(O)/C=C/CC/C=C/CCCCCCCCCC. The Labute approximate surface area is 436 Å². The molecule has 0 aliphatic heterocycles. The number of carbonyl (C=O) groups is 1. The van der Waals surface area contributed by atoms with Crippen LogP contribution in [0.15, 0.2) is 134 Å². The number of phosphoric acid groups is 1. The molecule has 8 nitrogen and oxygen atoms in total. The zero-order valence-electron chi connectivity index (χ0n) is 45.9. The van der Waals surface area contributed by atoms with Crippen LogP contribution in [-0.2, 0) is 18.4 Å². The number of unbranched alkanes of at least 4 members (excludes halogenated alkanes) is 16. The normalized spacial score (nSPS) is 15.0. The Morgan fingerprint density at radius 2 is 0.873 bits per heavy atom. The molecule has 3 atom stereocenters. The number of phosphoric ester groups is 1. The van der Waals surface area contributed by atoms with Crippen LogP contribution in [0.1, 0.15) is 200 Å². The highest BCUT2D eigenvalue weighted by Crippen LogP contribution is 2.38.